The highest BCUT2D eigenvalue weighted by atomic mass is 16.6. The van der Waals surface area contributed by atoms with Gasteiger partial charge in [-0.25, -0.2) is 14.7 Å². The average Bonchev–Trinajstić information content (AvgIpc) is 2.95. The molecule has 0 saturated carbocycles. The molecule has 2 amide bonds. The first-order valence-electron chi connectivity index (χ1n) is 14.7. The second-order valence-electron chi connectivity index (χ2n) is 9.97. The number of esters is 1. The molecule has 0 aliphatic rings. The van der Waals surface area contributed by atoms with E-state index in [-0.39, 0.29) is 13.2 Å². The zero-order chi connectivity index (χ0) is 28.6. The number of ether oxygens (including phenoxy) is 2. The van der Waals surface area contributed by atoms with Gasteiger partial charge in [0.2, 0.25) is 0 Å². The van der Waals surface area contributed by atoms with Crippen LogP contribution >= 0.6 is 0 Å². The van der Waals surface area contributed by atoms with Gasteiger partial charge in [-0.3, -0.25) is 10.0 Å². The number of amides is 2. The molecule has 0 aliphatic heterocycles. The summed E-state index contributed by atoms with van der Waals surface area (Å²) in [4.78, 5) is 36.2. The van der Waals surface area contributed by atoms with Crippen LogP contribution in [0.1, 0.15) is 109 Å². The van der Waals surface area contributed by atoms with Gasteiger partial charge in [-0.15, -0.1) is 0 Å². The lowest BCUT2D eigenvalue weighted by Gasteiger charge is -2.17. The Hall–Kier alpha value is -2.87. The van der Waals surface area contributed by atoms with E-state index >= 15 is 0 Å². The van der Waals surface area contributed by atoms with Crippen molar-refractivity contribution >= 4 is 18.0 Å². The number of hydrogen-bond donors (Lipinski definition) is 2. The minimum Gasteiger partial charge on any atom is -0.467 e. The van der Waals surface area contributed by atoms with Crippen molar-refractivity contribution in [1.82, 2.24) is 10.4 Å². The van der Waals surface area contributed by atoms with Gasteiger partial charge in [0, 0.05) is 12.6 Å². The van der Waals surface area contributed by atoms with Gasteiger partial charge in [0.1, 0.15) is 12.6 Å². The lowest BCUT2D eigenvalue weighted by Crippen LogP contribution is -2.41. The van der Waals surface area contributed by atoms with Crippen molar-refractivity contribution in [2.24, 2.45) is 0 Å². The first-order chi connectivity index (χ1) is 19.0. The van der Waals surface area contributed by atoms with Crippen molar-refractivity contribution in [3.05, 3.63) is 48.0 Å². The van der Waals surface area contributed by atoms with E-state index in [1.807, 2.05) is 36.4 Å². The minimum absolute atomic E-state index is 0.0922. The van der Waals surface area contributed by atoms with Crippen LogP contribution in [0, 0.1) is 0 Å². The number of carbonyl (C=O) groups excluding carboxylic acids is 3. The van der Waals surface area contributed by atoms with Gasteiger partial charge in [0.15, 0.2) is 0 Å². The molecule has 0 saturated heterocycles. The molecule has 1 aromatic carbocycles. The summed E-state index contributed by atoms with van der Waals surface area (Å²) in [5.74, 6) is -1.03. The Morgan fingerprint density at radius 2 is 1.51 bits per heavy atom. The SMILES string of the molecule is CCCCCCCCCCCCC/C=C\C(=O)N(O)CCCC[C@H](NC(=O)OCc1ccccc1)C(=O)OC. The maximum absolute atomic E-state index is 12.1. The Morgan fingerprint density at radius 1 is 0.897 bits per heavy atom. The Bertz CT molecular complexity index is 815. The van der Waals surface area contributed by atoms with Crippen LogP contribution in [0.4, 0.5) is 4.79 Å². The van der Waals surface area contributed by atoms with Crippen LogP contribution in [-0.4, -0.2) is 47.9 Å². The second-order valence-corrected chi connectivity index (χ2v) is 9.97. The number of unbranched alkanes of at least 4 members (excludes halogenated alkanes) is 12. The first kappa shape index (κ1) is 34.2. The Labute approximate surface area is 235 Å². The molecule has 0 fully saturated rings. The quantitative estimate of drug-likeness (QED) is 0.0528. The van der Waals surface area contributed by atoms with Crippen molar-refractivity contribution in [3.8, 4) is 0 Å². The summed E-state index contributed by atoms with van der Waals surface area (Å²) in [5, 5.41) is 13.2. The van der Waals surface area contributed by atoms with Crippen LogP contribution in [0.2, 0.25) is 0 Å². The number of allylic oxidation sites excluding steroid dienone is 1. The molecule has 0 spiro atoms. The summed E-state index contributed by atoms with van der Waals surface area (Å²) < 4.78 is 9.94. The maximum Gasteiger partial charge on any atom is 0.408 e. The van der Waals surface area contributed by atoms with Crippen LogP contribution in [-0.2, 0) is 25.7 Å². The van der Waals surface area contributed by atoms with E-state index in [1.165, 1.54) is 71.0 Å². The lowest BCUT2D eigenvalue weighted by molar-refractivity contribution is -0.159. The molecular formula is C31H50N2O6. The van der Waals surface area contributed by atoms with E-state index in [2.05, 4.69) is 12.2 Å². The zero-order valence-corrected chi connectivity index (χ0v) is 24.1. The number of hydroxylamine groups is 2. The molecule has 0 aromatic heterocycles. The smallest absolute Gasteiger partial charge is 0.408 e. The highest BCUT2D eigenvalue weighted by Crippen LogP contribution is 2.12. The number of alkyl carbamates (subject to hydrolysis) is 1. The summed E-state index contributed by atoms with van der Waals surface area (Å²) in [6, 6.07) is 8.36. The highest BCUT2D eigenvalue weighted by Gasteiger charge is 2.22. The fourth-order valence-electron chi connectivity index (χ4n) is 4.22. The van der Waals surface area contributed by atoms with Gasteiger partial charge < -0.3 is 14.8 Å². The fourth-order valence-corrected chi connectivity index (χ4v) is 4.22. The molecular weight excluding hydrogens is 496 g/mol. The van der Waals surface area contributed by atoms with Gasteiger partial charge >= 0.3 is 12.1 Å². The van der Waals surface area contributed by atoms with E-state index in [1.54, 1.807) is 0 Å². The molecule has 2 N–H and O–H groups in total. The second kappa shape index (κ2) is 23.1. The topological polar surface area (TPSA) is 105 Å². The van der Waals surface area contributed by atoms with Crippen molar-refractivity contribution in [3.63, 3.8) is 0 Å². The van der Waals surface area contributed by atoms with Crippen molar-refractivity contribution in [1.29, 1.82) is 0 Å². The lowest BCUT2D eigenvalue weighted by atomic mass is 10.1. The van der Waals surface area contributed by atoms with Gasteiger partial charge in [0.25, 0.3) is 5.91 Å². The number of carbonyl (C=O) groups is 3. The third-order valence-corrected chi connectivity index (χ3v) is 6.59. The number of nitrogens with zero attached hydrogens (tertiary/aromatic N) is 1. The number of methoxy groups -OCH3 is 1. The monoisotopic (exact) mass is 546 g/mol. The first-order valence-corrected chi connectivity index (χ1v) is 14.7. The zero-order valence-electron chi connectivity index (χ0n) is 24.1. The van der Waals surface area contributed by atoms with Crippen LogP contribution in [0.3, 0.4) is 0 Å². The van der Waals surface area contributed by atoms with Gasteiger partial charge in [-0.05, 0) is 37.7 Å². The fraction of sp³-hybridized carbons (Fsp3) is 0.645. The largest absolute Gasteiger partial charge is 0.467 e. The summed E-state index contributed by atoms with van der Waals surface area (Å²) in [6.45, 7) is 2.47. The summed E-state index contributed by atoms with van der Waals surface area (Å²) >= 11 is 0. The van der Waals surface area contributed by atoms with Gasteiger partial charge in [-0.2, -0.15) is 0 Å². The van der Waals surface area contributed by atoms with Gasteiger partial charge in [-0.1, -0.05) is 108 Å². The predicted octanol–water partition coefficient (Wildman–Crippen LogP) is 7.10. The van der Waals surface area contributed by atoms with E-state index in [9.17, 15) is 19.6 Å². The maximum atomic E-state index is 12.1. The molecule has 0 aliphatic carbocycles. The molecule has 1 rings (SSSR count). The summed E-state index contributed by atoms with van der Waals surface area (Å²) in [7, 11) is 1.25. The summed E-state index contributed by atoms with van der Waals surface area (Å²) in [5.41, 5.74) is 0.836. The molecule has 0 unspecified atom stereocenters. The van der Waals surface area contributed by atoms with Gasteiger partial charge in [0.05, 0.1) is 7.11 Å². The molecule has 39 heavy (non-hydrogen) atoms. The van der Waals surface area contributed by atoms with E-state index in [0.717, 1.165) is 24.8 Å². The Morgan fingerprint density at radius 3 is 2.13 bits per heavy atom. The number of rotatable bonds is 22. The van der Waals surface area contributed by atoms with Crippen LogP contribution < -0.4 is 5.32 Å². The summed E-state index contributed by atoms with van der Waals surface area (Å²) in [6.07, 6.45) is 18.7. The molecule has 0 heterocycles. The Balaban J connectivity index is 2.14. The molecule has 1 atom stereocenters. The minimum atomic E-state index is -0.869. The third-order valence-electron chi connectivity index (χ3n) is 6.59. The average molecular weight is 547 g/mol. The van der Waals surface area contributed by atoms with Crippen molar-refractivity contribution < 1.29 is 29.1 Å². The van der Waals surface area contributed by atoms with E-state index < -0.39 is 24.0 Å². The van der Waals surface area contributed by atoms with E-state index in [0.29, 0.717) is 24.3 Å². The number of benzene rings is 1. The highest BCUT2D eigenvalue weighted by molar-refractivity contribution is 5.86. The number of nitrogens with one attached hydrogen (secondary N) is 1. The molecule has 0 bridgehead atoms. The standard InChI is InChI=1S/C31H50N2O6/c1-3-4-5-6-7-8-9-10-11-12-13-14-18-24-29(34)33(37)25-20-19-23-28(30(35)38-2)32-31(36)39-26-27-21-16-15-17-22-27/h15-18,21-22,24,28,37H,3-14,19-20,23,25-26H2,1-2H3,(H,32,36)/b24-18-/t28-/m0/s1. The normalized spacial score (nSPS) is 11.8. The Kier molecular flexibility index (Phi) is 20.2. The van der Waals surface area contributed by atoms with Crippen molar-refractivity contribution in [2.75, 3.05) is 13.7 Å². The van der Waals surface area contributed by atoms with Crippen molar-refractivity contribution in [2.45, 2.75) is 116 Å². The van der Waals surface area contributed by atoms with E-state index in [4.69, 9.17) is 9.47 Å². The van der Waals surface area contributed by atoms with Crippen LogP contribution in [0.25, 0.3) is 0 Å². The van der Waals surface area contributed by atoms with Crippen LogP contribution in [0.15, 0.2) is 42.5 Å². The molecule has 1 aromatic rings. The molecule has 8 nitrogen and oxygen atoms in total. The molecule has 8 heteroatoms. The third kappa shape index (κ3) is 18.1. The predicted molar refractivity (Wildman–Crippen MR) is 153 cm³/mol. The van der Waals surface area contributed by atoms with Crippen LogP contribution in [0.5, 0.6) is 0 Å². The molecule has 220 valence electrons. The molecule has 0 radical (unpaired) electrons. The number of hydrogen-bond acceptors (Lipinski definition) is 6.